The van der Waals surface area contributed by atoms with Gasteiger partial charge in [-0.25, -0.2) is 4.79 Å². The smallest absolute Gasteiger partial charge is 0.338 e. The second-order valence-corrected chi connectivity index (χ2v) is 7.01. The summed E-state index contributed by atoms with van der Waals surface area (Å²) in [6, 6.07) is 8.14. The van der Waals surface area contributed by atoms with E-state index in [-0.39, 0.29) is 6.61 Å². The third-order valence-corrected chi connectivity index (χ3v) is 5.05. The molecule has 1 aliphatic heterocycles. The Bertz CT molecular complexity index is 745. The Morgan fingerprint density at radius 1 is 1.00 bits per heavy atom. The zero-order chi connectivity index (χ0) is 20.9. The maximum absolute atomic E-state index is 12.2. The fourth-order valence-electron chi connectivity index (χ4n) is 3.65. The van der Waals surface area contributed by atoms with Crippen molar-refractivity contribution in [3.63, 3.8) is 0 Å². The Balaban J connectivity index is 2.23. The van der Waals surface area contributed by atoms with Crippen LogP contribution in [-0.4, -0.2) is 58.0 Å². The van der Waals surface area contributed by atoms with Gasteiger partial charge in [-0.1, -0.05) is 25.1 Å². The Morgan fingerprint density at radius 2 is 1.61 bits per heavy atom. The minimum absolute atomic E-state index is 0.296. The van der Waals surface area contributed by atoms with Crippen molar-refractivity contribution in [3.8, 4) is 0 Å². The highest BCUT2D eigenvalue weighted by Crippen LogP contribution is 2.49. The van der Waals surface area contributed by atoms with Crippen LogP contribution in [0, 0.1) is 11.3 Å². The Kier molecular flexibility index (Phi) is 6.74. The van der Waals surface area contributed by atoms with E-state index >= 15 is 0 Å². The molecule has 4 atom stereocenters. The topological polar surface area (TPSA) is 147 Å². The van der Waals surface area contributed by atoms with Crippen LogP contribution in [0.2, 0.25) is 0 Å². The second kappa shape index (κ2) is 8.83. The lowest BCUT2D eigenvalue weighted by molar-refractivity contribution is -0.144. The largest absolute Gasteiger partial charge is 0.481 e. The summed E-state index contributed by atoms with van der Waals surface area (Å²) in [5, 5.41) is 27.6. The summed E-state index contributed by atoms with van der Waals surface area (Å²) < 4.78 is 10.9. The summed E-state index contributed by atoms with van der Waals surface area (Å²) in [6.45, 7) is 1.21. The van der Waals surface area contributed by atoms with E-state index in [1.165, 1.54) is 6.92 Å². The number of carbonyl (C=O) groups excluding carboxylic acids is 1. The summed E-state index contributed by atoms with van der Waals surface area (Å²) in [6.07, 6.45) is -3.33. The lowest BCUT2D eigenvalue weighted by Crippen LogP contribution is -2.40. The number of rotatable bonds is 9. The normalized spacial score (nSPS) is 26.5. The molecule has 0 bridgehead atoms. The predicted octanol–water partition coefficient (Wildman–Crippen LogP) is 1.66. The quantitative estimate of drug-likeness (QED) is 0.532. The van der Waals surface area contributed by atoms with Crippen molar-refractivity contribution in [3.05, 3.63) is 35.9 Å². The van der Waals surface area contributed by atoms with Crippen LogP contribution in [0.1, 0.15) is 36.5 Å². The van der Waals surface area contributed by atoms with E-state index in [1.807, 2.05) is 0 Å². The maximum atomic E-state index is 12.2. The minimum Gasteiger partial charge on any atom is -0.481 e. The highest BCUT2D eigenvalue weighted by molar-refractivity contribution is 5.89. The molecule has 1 heterocycles. The molecular weight excluding hydrogens is 372 g/mol. The molecule has 0 spiro atoms. The van der Waals surface area contributed by atoms with E-state index in [0.717, 1.165) is 0 Å². The minimum atomic E-state index is -1.22. The van der Waals surface area contributed by atoms with Gasteiger partial charge in [0.2, 0.25) is 0 Å². The Hall–Kier alpha value is -2.94. The molecule has 0 aliphatic carbocycles. The van der Waals surface area contributed by atoms with Crippen molar-refractivity contribution in [2.75, 3.05) is 6.61 Å². The lowest BCUT2D eigenvalue weighted by atomic mass is 9.69. The summed E-state index contributed by atoms with van der Waals surface area (Å²) >= 11 is 0. The number of hydrogen-bond donors (Lipinski definition) is 3. The molecule has 0 saturated carbocycles. The molecule has 0 aromatic heterocycles. The van der Waals surface area contributed by atoms with Gasteiger partial charge in [-0.15, -0.1) is 0 Å². The molecule has 0 radical (unpaired) electrons. The van der Waals surface area contributed by atoms with Crippen molar-refractivity contribution in [2.45, 2.75) is 38.4 Å². The van der Waals surface area contributed by atoms with Gasteiger partial charge in [-0.05, 0) is 12.1 Å². The van der Waals surface area contributed by atoms with Crippen LogP contribution >= 0.6 is 0 Å². The van der Waals surface area contributed by atoms with Gasteiger partial charge < -0.3 is 24.8 Å². The molecule has 28 heavy (non-hydrogen) atoms. The number of carboxylic acid groups (broad SMARTS) is 3. The molecule has 1 saturated heterocycles. The van der Waals surface area contributed by atoms with Gasteiger partial charge in [0.05, 0.1) is 37.0 Å². The number of hydrogen-bond acceptors (Lipinski definition) is 6. The third-order valence-electron chi connectivity index (χ3n) is 5.05. The molecule has 1 aromatic carbocycles. The van der Waals surface area contributed by atoms with E-state index in [2.05, 4.69) is 0 Å². The van der Waals surface area contributed by atoms with E-state index in [1.54, 1.807) is 30.3 Å². The van der Waals surface area contributed by atoms with Crippen LogP contribution in [0.5, 0.6) is 0 Å². The van der Waals surface area contributed by atoms with Crippen molar-refractivity contribution in [1.29, 1.82) is 0 Å². The van der Waals surface area contributed by atoms with Crippen molar-refractivity contribution < 1.29 is 44.0 Å². The molecule has 1 aliphatic rings. The molecular formula is C19H22O9. The first-order valence-corrected chi connectivity index (χ1v) is 8.66. The van der Waals surface area contributed by atoms with E-state index in [9.17, 15) is 29.4 Å². The number of aliphatic carboxylic acids is 3. The zero-order valence-corrected chi connectivity index (χ0v) is 15.2. The zero-order valence-electron chi connectivity index (χ0n) is 15.2. The predicted molar refractivity (Wildman–Crippen MR) is 93.7 cm³/mol. The van der Waals surface area contributed by atoms with Crippen LogP contribution in [0.4, 0.5) is 0 Å². The number of esters is 1. The average molecular weight is 394 g/mol. The molecule has 152 valence electrons. The molecule has 1 fully saturated rings. The first-order chi connectivity index (χ1) is 13.1. The Labute approximate surface area is 160 Å². The summed E-state index contributed by atoms with van der Waals surface area (Å²) in [4.78, 5) is 46.0. The maximum Gasteiger partial charge on any atom is 0.338 e. The van der Waals surface area contributed by atoms with Crippen LogP contribution in [0.25, 0.3) is 0 Å². The van der Waals surface area contributed by atoms with Gasteiger partial charge in [-0.3, -0.25) is 14.4 Å². The standard InChI is InChI=1S/C19H22O9/c1-19(9-17(24)25)12(7-15(20)21)13(8-16(22)23)28-14(19)10-27-18(26)11-5-3-2-4-6-11/h2-6,12-14H,7-10H2,1H3,(H,20,21)(H,22,23)(H,24,25)/t12-,13?,14-,19-/m0/s1. The van der Waals surface area contributed by atoms with Crippen LogP contribution in [0.15, 0.2) is 30.3 Å². The summed E-state index contributed by atoms with van der Waals surface area (Å²) in [5.74, 6) is -5.07. The monoisotopic (exact) mass is 394 g/mol. The fourth-order valence-corrected chi connectivity index (χ4v) is 3.65. The van der Waals surface area contributed by atoms with E-state index in [4.69, 9.17) is 14.6 Å². The van der Waals surface area contributed by atoms with Crippen LogP contribution < -0.4 is 0 Å². The lowest BCUT2D eigenvalue weighted by Gasteiger charge is -2.33. The number of ether oxygens (including phenoxy) is 2. The van der Waals surface area contributed by atoms with Crippen LogP contribution in [0.3, 0.4) is 0 Å². The van der Waals surface area contributed by atoms with Gasteiger partial charge in [-0.2, -0.15) is 0 Å². The summed E-state index contributed by atoms with van der Waals surface area (Å²) in [7, 11) is 0. The second-order valence-electron chi connectivity index (χ2n) is 7.01. The highest BCUT2D eigenvalue weighted by atomic mass is 16.6. The SMILES string of the molecule is C[C@@]1(CC(=O)O)[C@H](COC(=O)c2ccccc2)OC(CC(=O)O)[C@@H]1CC(=O)O. The molecule has 9 nitrogen and oxygen atoms in total. The van der Waals surface area contributed by atoms with E-state index in [0.29, 0.717) is 5.56 Å². The van der Waals surface area contributed by atoms with Gasteiger partial charge in [0.1, 0.15) is 6.61 Å². The average Bonchev–Trinajstić information content (AvgIpc) is 2.83. The molecule has 1 unspecified atom stereocenters. The van der Waals surface area contributed by atoms with E-state index < -0.39 is 66.7 Å². The van der Waals surface area contributed by atoms with Crippen LogP contribution in [-0.2, 0) is 23.9 Å². The van der Waals surface area contributed by atoms with Gasteiger partial charge in [0.25, 0.3) is 0 Å². The molecule has 2 rings (SSSR count). The summed E-state index contributed by atoms with van der Waals surface area (Å²) in [5.41, 5.74) is -0.925. The number of benzene rings is 1. The molecule has 0 amide bonds. The molecule has 1 aromatic rings. The Morgan fingerprint density at radius 3 is 2.14 bits per heavy atom. The van der Waals surface area contributed by atoms with Gasteiger partial charge in [0.15, 0.2) is 0 Å². The molecule has 9 heteroatoms. The first-order valence-electron chi connectivity index (χ1n) is 8.66. The number of carboxylic acids is 3. The molecule has 3 N–H and O–H groups in total. The number of carbonyl (C=O) groups is 4. The first kappa shape index (κ1) is 21.4. The fraction of sp³-hybridized carbons (Fsp3) is 0.474. The third kappa shape index (κ3) is 5.07. The van der Waals surface area contributed by atoms with Crippen molar-refractivity contribution >= 4 is 23.9 Å². The van der Waals surface area contributed by atoms with Crippen molar-refractivity contribution in [2.24, 2.45) is 11.3 Å². The van der Waals surface area contributed by atoms with Crippen molar-refractivity contribution in [1.82, 2.24) is 0 Å². The van der Waals surface area contributed by atoms with Gasteiger partial charge in [0, 0.05) is 11.3 Å². The van der Waals surface area contributed by atoms with Gasteiger partial charge >= 0.3 is 23.9 Å². The highest BCUT2D eigenvalue weighted by Gasteiger charge is 2.55.